The van der Waals surface area contributed by atoms with E-state index in [2.05, 4.69) is 11.4 Å². The highest BCUT2D eigenvalue weighted by Gasteiger charge is 2.17. The first-order valence-corrected chi connectivity index (χ1v) is 6.82. The second-order valence-corrected chi connectivity index (χ2v) is 5.29. The van der Waals surface area contributed by atoms with Crippen LogP contribution in [0.5, 0.6) is 5.75 Å². The number of rotatable bonds is 3. The van der Waals surface area contributed by atoms with Gasteiger partial charge < -0.3 is 10.1 Å². The smallest absolute Gasteiger partial charge is 0.228 e. The van der Waals surface area contributed by atoms with E-state index in [1.807, 2.05) is 50.2 Å². The minimum atomic E-state index is 0.0674. The summed E-state index contributed by atoms with van der Waals surface area (Å²) in [4.78, 5) is 11.4. The van der Waals surface area contributed by atoms with Gasteiger partial charge in [-0.25, -0.2) is 0 Å². The summed E-state index contributed by atoms with van der Waals surface area (Å²) in [6.07, 6.45) is 0.649. The number of amides is 1. The Morgan fingerprint density at radius 3 is 2.45 bits per heavy atom. The van der Waals surface area contributed by atoms with E-state index in [0.717, 1.165) is 28.1 Å². The molecule has 1 heterocycles. The van der Waals surface area contributed by atoms with E-state index in [0.29, 0.717) is 6.42 Å². The summed E-state index contributed by atoms with van der Waals surface area (Å²) in [5, 5.41) is 2.85. The highest BCUT2D eigenvalue weighted by molar-refractivity contribution is 5.99. The molecule has 3 nitrogen and oxygen atoms in total. The summed E-state index contributed by atoms with van der Waals surface area (Å²) in [6.45, 7) is 4.02. The van der Waals surface area contributed by atoms with E-state index in [9.17, 15) is 4.79 Å². The summed E-state index contributed by atoms with van der Waals surface area (Å²) in [5.41, 5.74) is 4.24. The van der Waals surface area contributed by atoms with Gasteiger partial charge in [0.25, 0.3) is 0 Å². The van der Waals surface area contributed by atoms with Crippen LogP contribution in [0.15, 0.2) is 42.5 Å². The van der Waals surface area contributed by atoms with Crippen molar-refractivity contribution in [2.45, 2.75) is 26.4 Å². The Hall–Kier alpha value is -2.29. The lowest BCUT2D eigenvalue weighted by molar-refractivity contribution is -0.115. The van der Waals surface area contributed by atoms with Crippen LogP contribution in [-0.2, 0) is 11.2 Å². The number of carbonyl (C=O) groups excluding carboxylic acids is 1. The van der Waals surface area contributed by atoms with Gasteiger partial charge in [-0.3, -0.25) is 4.79 Å². The maximum Gasteiger partial charge on any atom is 0.228 e. The molecular weight excluding hydrogens is 250 g/mol. The lowest BCUT2D eigenvalue weighted by atomic mass is 10.0. The fourth-order valence-electron chi connectivity index (χ4n) is 2.41. The predicted molar refractivity (Wildman–Crippen MR) is 80.0 cm³/mol. The van der Waals surface area contributed by atoms with E-state index >= 15 is 0 Å². The zero-order valence-electron chi connectivity index (χ0n) is 11.6. The minimum Gasteiger partial charge on any atom is -0.491 e. The molecule has 0 spiro atoms. The van der Waals surface area contributed by atoms with Gasteiger partial charge in [0.05, 0.1) is 12.5 Å². The molecule has 20 heavy (non-hydrogen) atoms. The SMILES string of the molecule is CC(C)Oc1ccc(-c2ccc3c(c2)CC(=O)N3)cc1. The lowest BCUT2D eigenvalue weighted by Gasteiger charge is -2.10. The predicted octanol–water partition coefficient (Wildman–Crippen LogP) is 3.64. The van der Waals surface area contributed by atoms with Crippen LogP contribution in [0.4, 0.5) is 5.69 Å². The zero-order valence-corrected chi connectivity index (χ0v) is 11.6. The average Bonchev–Trinajstić information content (AvgIpc) is 2.78. The van der Waals surface area contributed by atoms with Gasteiger partial charge in [0, 0.05) is 5.69 Å². The van der Waals surface area contributed by atoms with Crippen LogP contribution in [0.3, 0.4) is 0 Å². The molecule has 0 aliphatic carbocycles. The van der Waals surface area contributed by atoms with E-state index in [4.69, 9.17) is 4.74 Å². The molecule has 1 N–H and O–H groups in total. The lowest BCUT2D eigenvalue weighted by Crippen LogP contribution is -2.05. The molecule has 0 saturated heterocycles. The maximum absolute atomic E-state index is 11.4. The molecule has 3 heteroatoms. The number of benzene rings is 2. The molecule has 0 atom stereocenters. The van der Waals surface area contributed by atoms with Gasteiger partial charge in [-0.1, -0.05) is 18.2 Å². The zero-order chi connectivity index (χ0) is 14.1. The van der Waals surface area contributed by atoms with Gasteiger partial charge in [0.2, 0.25) is 5.91 Å². The molecule has 1 aliphatic heterocycles. The third-order valence-electron chi connectivity index (χ3n) is 3.29. The molecule has 3 rings (SSSR count). The molecule has 0 radical (unpaired) electrons. The number of ether oxygens (including phenoxy) is 1. The molecule has 0 saturated carbocycles. The molecule has 0 aromatic heterocycles. The fraction of sp³-hybridized carbons (Fsp3) is 0.235. The largest absolute Gasteiger partial charge is 0.491 e. The number of hydrogen-bond acceptors (Lipinski definition) is 2. The number of fused-ring (bicyclic) bond motifs is 1. The van der Waals surface area contributed by atoms with Gasteiger partial charge in [-0.05, 0) is 54.8 Å². The van der Waals surface area contributed by atoms with E-state index < -0.39 is 0 Å². The Morgan fingerprint density at radius 2 is 1.75 bits per heavy atom. The van der Waals surface area contributed by atoms with Crippen molar-refractivity contribution in [1.82, 2.24) is 0 Å². The highest BCUT2D eigenvalue weighted by Crippen LogP contribution is 2.30. The molecule has 2 aromatic carbocycles. The molecule has 2 aromatic rings. The second kappa shape index (κ2) is 5.00. The average molecular weight is 267 g/mol. The summed E-state index contributed by atoms with van der Waals surface area (Å²) in [7, 11) is 0. The molecule has 0 bridgehead atoms. The van der Waals surface area contributed by atoms with Crippen molar-refractivity contribution >= 4 is 11.6 Å². The van der Waals surface area contributed by atoms with E-state index in [1.165, 1.54) is 0 Å². The van der Waals surface area contributed by atoms with Gasteiger partial charge in [-0.15, -0.1) is 0 Å². The molecule has 1 aliphatic rings. The highest BCUT2D eigenvalue weighted by atomic mass is 16.5. The van der Waals surface area contributed by atoms with Crippen molar-refractivity contribution < 1.29 is 9.53 Å². The van der Waals surface area contributed by atoms with Crippen LogP contribution in [0.2, 0.25) is 0 Å². The Bertz CT molecular complexity index is 645. The monoisotopic (exact) mass is 267 g/mol. The first kappa shape index (κ1) is 12.7. The van der Waals surface area contributed by atoms with Crippen LogP contribution >= 0.6 is 0 Å². The van der Waals surface area contributed by atoms with Crippen LogP contribution in [-0.4, -0.2) is 12.0 Å². The van der Waals surface area contributed by atoms with Crippen LogP contribution in [0, 0.1) is 0 Å². The van der Waals surface area contributed by atoms with Gasteiger partial charge in [0.15, 0.2) is 0 Å². The quantitative estimate of drug-likeness (QED) is 0.922. The Labute approximate surface area is 118 Å². The number of hydrogen-bond donors (Lipinski definition) is 1. The summed E-state index contributed by atoms with van der Waals surface area (Å²) in [5.74, 6) is 0.944. The maximum atomic E-state index is 11.4. The van der Waals surface area contributed by atoms with Gasteiger partial charge in [0.1, 0.15) is 5.75 Å². The van der Waals surface area contributed by atoms with Crippen molar-refractivity contribution in [3.05, 3.63) is 48.0 Å². The topological polar surface area (TPSA) is 38.3 Å². The van der Waals surface area contributed by atoms with Gasteiger partial charge >= 0.3 is 0 Å². The van der Waals surface area contributed by atoms with Crippen LogP contribution in [0.25, 0.3) is 11.1 Å². The first-order chi connectivity index (χ1) is 9.61. The number of carbonyl (C=O) groups is 1. The van der Waals surface area contributed by atoms with E-state index in [-0.39, 0.29) is 12.0 Å². The van der Waals surface area contributed by atoms with E-state index in [1.54, 1.807) is 0 Å². The molecule has 1 amide bonds. The third-order valence-corrected chi connectivity index (χ3v) is 3.29. The van der Waals surface area contributed by atoms with Crippen molar-refractivity contribution in [2.24, 2.45) is 0 Å². The van der Waals surface area contributed by atoms with Gasteiger partial charge in [-0.2, -0.15) is 0 Å². The first-order valence-electron chi connectivity index (χ1n) is 6.82. The van der Waals surface area contributed by atoms with Crippen molar-refractivity contribution in [3.8, 4) is 16.9 Å². The van der Waals surface area contributed by atoms with Crippen LogP contribution in [0.1, 0.15) is 19.4 Å². The Morgan fingerprint density at radius 1 is 1.05 bits per heavy atom. The number of nitrogens with one attached hydrogen (secondary N) is 1. The molecule has 0 unspecified atom stereocenters. The Kier molecular flexibility index (Phi) is 3.18. The van der Waals surface area contributed by atoms with Crippen molar-refractivity contribution in [2.75, 3.05) is 5.32 Å². The summed E-state index contributed by atoms with van der Waals surface area (Å²) < 4.78 is 5.64. The summed E-state index contributed by atoms with van der Waals surface area (Å²) in [6, 6.07) is 14.1. The third kappa shape index (κ3) is 2.52. The fourth-order valence-corrected chi connectivity index (χ4v) is 2.41. The molecule has 102 valence electrons. The second-order valence-electron chi connectivity index (χ2n) is 5.29. The molecule has 0 fully saturated rings. The summed E-state index contributed by atoms with van der Waals surface area (Å²) >= 11 is 0. The van der Waals surface area contributed by atoms with Crippen molar-refractivity contribution in [1.29, 1.82) is 0 Å². The van der Waals surface area contributed by atoms with Crippen molar-refractivity contribution in [3.63, 3.8) is 0 Å². The Balaban J connectivity index is 1.86. The minimum absolute atomic E-state index is 0.0674. The number of anilines is 1. The molecular formula is C17H17NO2. The van der Waals surface area contributed by atoms with Crippen LogP contribution < -0.4 is 10.1 Å². The normalized spacial score (nSPS) is 13.2. The standard InChI is InChI=1S/C17H17NO2/c1-11(2)20-15-6-3-12(4-7-15)13-5-8-16-14(9-13)10-17(19)18-16/h3-9,11H,10H2,1-2H3,(H,18,19).